The Morgan fingerprint density at radius 1 is 1.16 bits per heavy atom. The third-order valence-corrected chi connectivity index (χ3v) is 3.60. The first-order chi connectivity index (χ1) is 9.21. The summed E-state index contributed by atoms with van der Waals surface area (Å²) in [5.41, 5.74) is 0. The Balaban J connectivity index is 2.09. The second kappa shape index (κ2) is 8.77. The van der Waals surface area contributed by atoms with Crippen molar-refractivity contribution in [2.24, 2.45) is 16.8 Å². The minimum Gasteiger partial charge on any atom is -0.356 e. The van der Waals surface area contributed by atoms with E-state index in [0.717, 1.165) is 25.3 Å². The highest BCUT2D eigenvalue weighted by molar-refractivity contribution is 5.81. The number of nitrogens with zero attached hydrogens (tertiary/aromatic N) is 1. The number of hydrogen-bond donors (Lipinski definition) is 3. The predicted octanol–water partition coefficient (Wildman–Crippen LogP) is 1.11. The zero-order valence-corrected chi connectivity index (χ0v) is 12.5. The molecule has 1 fully saturated rings. The normalized spacial score (nSPS) is 15.5. The number of aliphatic imine (C=N–C) groups is 1. The summed E-state index contributed by atoms with van der Waals surface area (Å²) in [6.07, 6.45) is 4.46. The summed E-state index contributed by atoms with van der Waals surface area (Å²) in [6, 6.07) is 0. The van der Waals surface area contributed by atoms with Gasteiger partial charge in [-0.2, -0.15) is 0 Å². The summed E-state index contributed by atoms with van der Waals surface area (Å²) in [7, 11) is 1.77. The van der Waals surface area contributed by atoms with Crippen LogP contribution in [-0.4, -0.2) is 38.5 Å². The molecule has 0 radical (unpaired) electrons. The number of guanidine groups is 1. The van der Waals surface area contributed by atoms with Crippen molar-refractivity contribution in [3.63, 3.8) is 0 Å². The predicted molar refractivity (Wildman–Crippen MR) is 79.2 cm³/mol. The molecule has 5 nitrogen and oxygen atoms in total. The van der Waals surface area contributed by atoms with Crippen molar-refractivity contribution in [2.45, 2.75) is 39.5 Å². The largest absolute Gasteiger partial charge is 0.356 e. The van der Waals surface area contributed by atoms with Crippen molar-refractivity contribution in [3.8, 4) is 0 Å². The molecule has 1 aliphatic carbocycles. The maximum Gasteiger partial charge on any atom is 0.223 e. The fourth-order valence-corrected chi connectivity index (χ4v) is 1.90. The van der Waals surface area contributed by atoms with Gasteiger partial charge in [0.15, 0.2) is 5.96 Å². The molecule has 1 aliphatic rings. The van der Waals surface area contributed by atoms with E-state index in [1.165, 1.54) is 12.8 Å². The van der Waals surface area contributed by atoms with Crippen molar-refractivity contribution in [1.29, 1.82) is 0 Å². The number of carbonyl (C=O) groups excluding carboxylic acids is 1. The van der Waals surface area contributed by atoms with E-state index in [1.54, 1.807) is 7.05 Å². The first-order valence-corrected chi connectivity index (χ1v) is 7.43. The van der Waals surface area contributed by atoms with Crippen LogP contribution in [0.3, 0.4) is 0 Å². The molecular weight excluding hydrogens is 240 g/mol. The third-order valence-electron chi connectivity index (χ3n) is 3.60. The molecule has 0 aromatic heterocycles. The van der Waals surface area contributed by atoms with E-state index in [-0.39, 0.29) is 11.8 Å². The average molecular weight is 268 g/mol. The molecular formula is C14H28N4O. The second-order valence-electron chi connectivity index (χ2n) is 5.13. The van der Waals surface area contributed by atoms with Crippen LogP contribution < -0.4 is 16.0 Å². The fourth-order valence-electron chi connectivity index (χ4n) is 1.90. The summed E-state index contributed by atoms with van der Waals surface area (Å²) < 4.78 is 0. The second-order valence-corrected chi connectivity index (χ2v) is 5.13. The van der Waals surface area contributed by atoms with E-state index in [2.05, 4.69) is 34.8 Å². The number of carbonyl (C=O) groups is 1. The van der Waals surface area contributed by atoms with Crippen LogP contribution in [0.4, 0.5) is 0 Å². The van der Waals surface area contributed by atoms with Gasteiger partial charge in [0, 0.05) is 32.6 Å². The molecule has 0 aliphatic heterocycles. The Kier molecular flexibility index (Phi) is 7.30. The van der Waals surface area contributed by atoms with Crippen LogP contribution in [-0.2, 0) is 4.79 Å². The van der Waals surface area contributed by atoms with Crippen LogP contribution in [0.5, 0.6) is 0 Å². The van der Waals surface area contributed by atoms with Gasteiger partial charge in [0.25, 0.3) is 0 Å². The number of amides is 1. The van der Waals surface area contributed by atoms with E-state index in [9.17, 15) is 4.79 Å². The summed E-state index contributed by atoms with van der Waals surface area (Å²) in [5.74, 6) is 1.98. The van der Waals surface area contributed by atoms with Crippen LogP contribution in [0.15, 0.2) is 4.99 Å². The standard InChI is InChI=1S/C14H28N4O/c1-4-11(5-2)10-18-14(15-3)17-9-8-16-13(19)12-6-7-12/h11-12H,4-10H2,1-3H3,(H,16,19)(H2,15,17,18). The smallest absolute Gasteiger partial charge is 0.223 e. The van der Waals surface area contributed by atoms with Gasteiger partial charge in [-0.1, -0.05) is 26.7 Å². The van der Waals surface area contributed by atoms with Crippen molar-refractivity contribution in [2.75, 3.05) is 26.7 Å². The van der Waals surface area contributed by atoms with E-state index in [4.69, 9.17) is 0 Å². The minimum absolute atomic E-state index is 0.196. The van der Waals surface area contributed by atoms with Crippen molar-refractivity contribution >= 4 is 11.9 Å². The Bertz CT molecular complexity index is 296. The Morgan fingerprint density at radius 2 is 1.79 bits per heavy atom. The van der Waals surface area contributed by atoms with E-state index in [1.807, 2.05) is 0 Å². The Morgan fingerprint density at radius 3 is 2.32 bits per heavy atom. The zero-order chi connectivity index (χ0) is 14.1. The Labute approximate surface area is 116 Å². The number of nitrogens with one attached hydrogen (secondary N) is 3. The molecule has 3 N–H and O–H groups in total. The van der Waals surface area contributed by atoms with Gasteiger partial charge < -0.3 is 16.0 Å². The van der Waals surface area contributed by atoms with Gasteiger partial charge in [-0.3, -0.25) is 9.79 Å². The lowest BCUT2D eigenvalue weighted by molar-refractivity contribution is -0.122. The summed E-state index contributed by atoms with van der Waals surface area (Å²) in [4.78, 5) is 15.6. The molecule has 1 saturated carbocycles. The van der Waals surface area contributed by atoms with Crippen LogP contribution in [0.2, 0.25) is 0 Å². The van der Waals surface area contributed by atoms with Gasteiger partial charge in [0.05, 0.1) is 0 Å². The van der Waals surface area contributed by atoms with Crippen LogP contribution in [0.25, 0.3) is 0 Å². The average Bonchev–Trinajstić information content (AvgIpc) is 3.26. The lowest BCUT2D eigenvalue weighted by Crippen LogP contribution is -2.43. The van der Waals surface area contributed by atoms with Crippen molar-refractivity contribution < 1.29 is 4.79 Å². The SMILES string of the molecule is CCC(CC)CNC(=NC)NCCNC(=O)C1CC1. The van der Waals surface area contributed by atoms with Gasteiger partial charge >= 0.3 is 0 Å². The molecule has 0 aromatic carbocycles. The van der Waals surface area contributed by atoms with Crippen molar-refractivity contribution in [1.82, 2.24) is 16.0 Å². The molecule has 0 bridgehead atoms. The number of hydrogen-bond acceptors (Lipinski definition) is 2. The summed E-state index contributed by atoms with van der Waals surface area (Å²) in [6.45, 7) is 6.72. The number of rotatable bonds is 8. The molecule has 0 heterocycles. The monoisotopic (exact) mass is 268 g/mol. The van der Waals surface area contributed by atoms with Gasteiger partial charge in [-0.05, 0) is 18.8 Å². The topological polar surface area (TPSA) is 65.5 Å². The lowest BCUT2D eigenvalue weighted by Gasteiger charge is -2.16. The highest BCUT2D eigenvalue weighted by Crippen LogP contribution is 2.28. The van der Waals surface area contributed by atoms with Gasteiger partial charge in [-0.15, -0.1) is 0 Å². The molecule has 0 aromatic rings. The van der Waals surface area contributed by atoms with E-state index in [0.29, 0.717) is 19.0 Å². The minimum atomic E-state index is 0.196. The molecule has 1 amide bonds. The molecule has 5 heteroatoms. The molecule has 0 saturated heterocycles. The van der Waals surface area contributed by atoms with Gasteiger partial charge in [0.2, 0.25) is 5.91 Å². The molecule has 19 heavy (non-hydrogen) atoms. The van der Waals surface area contributed by atoms with Crippen LogP contribution in [0, 0.1) is 11.8 Å². The highest BCUT2D eigenvalue weighted by Gasteiger charge is 2.28. The first kappa shape index (κ1) is 15.8. The van der Waals surface area contributed by atoms with Gasteiger partial charge in [0.1, 0.15) is 0 Å². The molecule has 0 spiro atoms. The quantitative estimate of drug-likeness (QED) is 0.351. The van der Waals surface area contributed by atoms with Crippen molar-refractivity contribution in [3.05, 3.63) is 0 Å². The van der Waals surface area contributed by atoms with E-state index >= 15 is 0 Å². The summed E-state index contributed by atoms with van der Waals surface area (Å²) in [5, 5.41) is 9.46. The van der Waals surface area contributed by atoms with E-state index < -0.39 is 0 Å². The summed E-state index contributed by atoms with van der Waals surface area (Å²) >= 11 is 0. The maximum absolute atomic E-state index is 11.4. The fraction of sp³-hybridized carbons (Fsp3) is 0.857. The highest BCUT2D eigenvalue weighted by atomic mass is 16.2. The molecule has 1 rings (SSSR count). The molecule has 110 valence electrons. The zero-order valence-electron chi connectivity index (χ0n) is 12.5. The maximum atomic E-state index is 11.4. The van der Waals surface area contributed by atoms with Crippen LogP contribution >= 0.6 is 0 Å². The lowest BCUT2D eigenvalue weighted by atomic mass is 10.0. The Hall–Kier alpha value is -1.26. The van der Waals surface area contributed by atoms with Crippen LogP contribution in [0.1, 0.15) is 39.5 Å². The molecule has 0 unspecified atom stereocenters. The van der Waals surface area contributed by atoms with Gasteiger partial charge in [-0.25, -0.2) is 0 Å². The first-order valence-electron chi connectivity index (χ1n) is 7.43. The third kappa shape index (κ3) is 6.45. The molecule has 0 atom stereocenters.